The second-order valence-corrected chi connectivity index (χ2v) is 3.86. The smallest absolute Gasteiger partial charge is 0.326 e. The van der Waals surface area contributed by atoms with Crippen molar-refractivity contribution in [1.29, 1.82) is 0 Å². The van der Waals surface area contributed by atoms with E-state index in [4.69, 9.17) is 5.11 Å². The molecule has 2 rings (SSSR count). The highest BCUT2D eigenvalue weighted by molar-refractivity contribution is 9.10. The number of aliphatic carboxylic acids is 1. The van der Waals surface area contributed by atoms with Crippen molar-refractivity contribution >= 4 is 27.6 Å². The first kappa shape index (κ1) is 8.56. The fourth-order valence-corrected chi connectivity index (χ4v) is 2.02. The Morgan fingerprint density at radius 3 is 3.00 bits per heavy atom. The number of carboxylic acid groups (broad SMARTS) is 1. The van der Waals surface area contributed by atoms with Gasteiger partial charge in [0.05, 0.1) is 0 Å². The minimum Gasteiger partial charge on any atom is -0.480 e. The van der Waals surface area contributed by atoms with Crippen LogP contribution in [0.25, 0.3) is 0 Å². The third kappa shape index (κ3) is 1.42. The van der Waals surface area contributed by atoms with Crippen molar-refractivity contribution in [2.45, 2.75) is 12.5 Å². The Morgan fingerprint density at radius 1 is 1.62 bits per heavy atom. The Hall–Kier alpha value is -1.03. The molecular formula is C9H8BrNO2. The molecule has 0 aliphatic carbocycles. The number of carboxylic acids is 1. The van der Waals surface area contributed by atoms with Gasteiger partial charge < -0.3 is 10.4 Å². The Kier molecular flexibility index (Phi) is 2.00. The summed E-state index contributed by atoms with van der Waals surface area (Å²) in [6, 6.07) is 5.22. The Morgan fingerprint density at radius 2 is 2.38 bits per heavy atom. The largest absolute Gasteiger partial charge is 0.480 e. The van der Waals surface area contributed by atoms with Crippen LogP contribution >= 0.6 is 15.9 Å². The Bertz CT molecular complexity index is 365. The van der Waals surface area contributed by atoms with Gasteiger partial charge in [0.25, 0.3) is 0 Å². The summed E-state index contributed by atoms with van der Waals surface area (Å²) in [4.78, 5) is 10.7. The highest BCUT2D eigenvalue weighted by atomic mass is 79.9. The average molecular weight is 242 g/mol. The molecule has 1 atom stereocenters. The number of benzene rings is 1. The summed E-state index contributed by atoms with van der Waals surface area (Å²) in [7, 11) is 0. The van der Waals surface area contributed by atoms with Gasteiger partial charge in [-0.1, -0.05) is 22.0 Å². The molecule has 0 amide bonds. The van der Waals surface area contributed by atoms with Crippen LogP contribution in [0.4, 0.5) is 5.69 Å². The van der Waals surface area contributed by atoms with Crippen molar-refractivity contribution in [1.82, 2.24) is 0 Å². The van der Waals surface area contributed by atoms with Crippen LogP contribution in [0.3, 0.4) is 0 Å². The third-order valence-corrected chi connectivity index (χ3v) is 2.90. The fraction of sp³-hybridized carbons (Fsp3) is 0.222. The molecule has 0 saturated heterocycles. The van der Waals surface area contributed by atoms with Gasteiger partial charge in [-0.05, 0) is 17.7 Å². The summed E-state index contributed by atoms with van der Waals surface area (Å²) in [5.74, 6) is -0.803. The van der Waals surface area contributed by atoms with Gasteiger partial charge in [0.15, 0.2) is 0 Å². The van der Waals surface area contributed by atoms with E-state index >= 15 is 0 Å². The molecule has 2 N–H and O–H groups in total. The maximum Gasteiger partial charge on any atom is 0.326 e. The number of hydrogen-bond donors (Lipinski definition) is 2. The molecule has 1 aromatic rings. The number of fused-ring (bicyclic) bond motifs is 1. The molecule has 0 unspecified atom stereocenters. The van der Waals surface area contributed by atoms with Gasteiger partial charge in [-0.3, -0.25) is 0 Å². The topological polar surface area (TPSA) is 49.3 Å². The van der Waals surface area contributed by atoms with Crippen molar-refractivity contribution in [3.63, 3.8) is 0 Å². The van der Waals surface area contributed by atoms with E-state index in [9.17, 15) is 4.79 Å². The first-order valence-electron chi connectivity index (χ1n) is 3.95. The highest BCUT2D eigenvalue weighted by Gasteiger charge is 2.27. The summed E-state index contributed by atoms with van der Waals surface area (Å²) < 4.78 is 0.973. The van der Waals surface area contributed by atoms with E-state index in [-0.39, 0.29) is 0 Å². The Labute approximate surface area is 83.9 Å². The molecule has 68 valence electrons. The molecule has 3 nitrogen and oxygen atoms in total. The van der Waals surface area contributed by atoms with Crippen LogP contribution in [-0.4, -0.2) is 17.1 Å². The number of carbonyl (C=O) groups is 1. The first-order chi connectivity index (χ1) is 6.18. The molecule has 0 bridgehead atoms. The van der Waals surface area contributed by atoms with Crippen LogP contribution in [0.5, 0.6) is 0 Å². The number of nitrogens with one attached hydrogen (secondary N) is 1. The summed E-state index contributed by atoms with van der Waals surface area (Å²) >= 11 is 3.39. The second kappa shape index (κ2) is 3.03. The standard InChI is InChI=1S/C9H8BrNO2/c10-6-2-1-3-7-5(6)4-8(11-7)9(12)13/h1-3,8,11H,4H2,(H,12,13)/t8-/m1/s1. The van der Waals surface area contributed by atoms with Crippen molar-refractivity contribution in [3.05, 3.63) is 28.2 Å². The predicted molar refractivity (Wildman–Crippen MR) is 52.9 cm³/mol. The van der Waals surface area contributed by atoms with Gasteiger partial charge in [-0.25, -0.2) is 4.79 Å². The molecule has 1 aliphatic rings. The minimum atomic E-state index is -0.803. The van der Waals surface area contributed by atoms with Gasteiger partial charge in [0, 0.05) is 16.6 Å². The van der Waals surface area contributed by atoms with E-state index in [0.717, 1.165) is 15.7 Å². The zero-order valence-corrected chi connectivity index (χ0v) is 8.34. The molecule has 4 heteroatoms. The minimum absolute atomic E-state index is 0.478. The average Bonchev–Trinajstić information content (AvgIpc) is 2.49. The van der Waals surface area contributed by atoms with Gasteiger partial charge in [-0.15, -0.1) is 0 Å². The maximum absolute atomic E-state index is 10.7. The predicted octanol–water partition coefficient (Wildman–Crippen LogP) is 1.87. The van der Waals surface area contributed by atoms with E-state index in [0.29, 0.717) is 6.42 Å². The van der Waals surface area contributed by atoms with E-state index in [1.165, 1.54) is 0 Å². The molecule has 1 aliphatic heterocycles. The lowest BCUT2D eigenvalue weighted by atomic mass is 10.1. The lowest BCUT2D eigenvalue weighted by Crippen LogP contribution is -2.26. The number of hydrogen-bond acceptors (Lipinski definition) is 2. The van der Waals surface area contributed by atoms with E-state index < -0.39 is 12.0 Å². The van der Waals surface area contributed by atoms with Gasteiger partial charge >= 0.3 is 5.97 Å². The van der Waals surface area contributed by atoms with Crippen molar-refractivity contribution in [3.8, 4) is 0 Å². The first-order valence-corrected chi connectivity index (χ1v) is 4.74. The van der Waals surface area contributed by atoms with Gasteiger partial charge in [-0.2, -0.15) is 0 Å². The van der Waals surface area contributed by atoms with Crippen molar-refractivity contribution < 1.29 is 9.90 Å². The van der Waals surface area contributed by atoms with Gasteiger partial charge in [0.1, 0.15) is 6.04 Å². The number of rotatable bonds is 1. The Balaban J connectivity index is 2.35. The second-order valence-electron chi connectivity index (χ2n) is 3.01. The summed E-state index contributed by atoms with van der Waals surface area (Å²) in [6.07, 6.45) is 0.548. The van der Waals surface area contributed by atoms with Crippen LogP contribution < -0.4 is 5.32 Å². The summed E-state index contributed by atoms with van der Waals surface area (Å²) in [6.45, 7) is 0. The molecule has 0 spiro atoms. The quantitative estimate of drug-likeness (QED) is 0.790. The summed E-state index contributed by atoms with van der Waals surface area (Å²) in [5, 5.41) is 11.7. The molecule has 0 fully saturated rings. The van der Waals surface area contributed by atoms with Crippen LogP contribution in [-0.2, 0) is 11.2 Å². The fourth-order valence-electron chi connectivity index (χ4n) is 1.49. The van der Waals surface area contributed by atoms with Crippen LogP contribution in [0.1, 0.15) is 5.56 Å². The summed E-state index contributed by atoms with van der Waals surface area (Å²) in [5.41, 5.74) is 1.97. The molecule has 0 radical (unpaired) electrons. The molecule has 0 saturated carbocycles. The number of anilines is 1. The molecule has 1 heterocycles. The van der Waals surface area contributed by atoms with Crippen LogP contribution in [0.15, 0.2) is 22.7 Å². The van der Waals surface area contributed by atoms with Crippen LogP contribution in [0.2, 0.25) is 0 Å². The number of halogens is 1. The van der Waals surface area contributed by atoms with Crippen molar-refractivity contribution in [2.24, 2.45) is 0 Å². The van der Waals surface area contributed by atoms with Crippen molar-refractivity contribution in [2.75, 3.05) is 5.32 Å². The lowest BCUT2D eigenvalue weighted by Gasteiger charge is -2.03. The lowest BCUT2D eigenvalue weighted by molar-refractivity contribution is -0.137. The zero-order valence-electron chi connectivity index (χ0n) is 6.75. The van der Waals surface area contributed by atoms with Gasteiger partial charge in [0.2, 0.25) is 0 Å². The maximum atomic E-state index is 10.7. The third-order valence-electron chi connectivity index (χ3n) is 2.15. The monoisotopic (exact) mass is 241 g/mol. The molecule has 13 heavy (non-hydrogen) atoms. The molecule has 0 aromatic heterocycles. The van der Waals surface area contributed by atoms with Crippen LogP contribution in [0, 0.1) is 0 Å². The SMILES string of the molecule is O=C(O)[C@H]1Cc2c(Br)cccc2N1. The molecule has 1 aromatic carbocycles. The van der Waals surface area contributed by atoms with E-state index in [2.05, 4.69) is 21.2 Å². The highest BCUT2D eigenvalue weighted by Crippen LogP contribution is 2.31. The van der Waals surface area contributed by atoms with E-state index in [1.54, 1.807) is 0 Å². The normalized spacial score (nSPS) is 19.3. The van der Waals surface area contributed by atoms with E-state index in [1.807, 2.05) is 18.2 Å². The molecular weight excluding hydrogens is 234 g/mol. The zero-order chi connectivity index (χ0) is 9.42.